The van der Waals surface area contributed by atoms with Crippen LogP contribution >= 0.6 is 0 Å². The largest absolute Gasteiger partial charge is 0.542 e. The number of nitrogens with zero attached hydrogens (tertiary/aromatic N) is 2. The van der Waals surface area contributed by atoms with E-state index in [4.69, 9.17) is 22.0 Å². The topological polar surface area (TPSA) is 27.2 Å². The Kier molecular flexibility index (Phi) is 11.3. The van der Waals surface area contributed by atoms with Crippen LogP contribution in [0.3, 0.4) is 0 Å². The fourth-order valence-corrected chi connectivity index (χ4v) is 18.4. The lowest BCUT2D eigenvalue weighted by Crippen LogP contribution is -2.50. The molecule has 0 aromatic heterocycles. The molecule has 0 bridgehead atoms. The fourth-order valence-electron chi connectivity index (χ4n) is 7.88. The molecule has 0 amide bonds. The van der Waals surface area contributed by atoms with Crippen LogP contribution in [0.4, 0.5) is 11.4 Å². The molecule has 0 fully saturated rings. The molecule has 0 aliphatic carbocycles. The normalized spacial score (nSPS) is 12.4. The second kappa shape index (κ2) is 14.2. The van der Waals surface area contributed by atoms with Gasteiger partial charge in [-0.25, -0.2) is 9.69 Å². The first-order valence-corrected chi connectivity index (χ1v) is 20.5. The van der Waals surface area contributed by atoms with Gasteiger partial charge in [-0.2, -0.15) is 0 Å². The van der Waals surface area contributed by atoms with E-state index in [1.165, 1.54) is 0 Å². The van der Waals surface area contributed by atoms with E-state index in [0.29, 0.717) is 44.6 Å². The van der Waals surface area contributed by atoms with Gasteiger partial charge in [0.25, 0.3) is 16.6 Å². The molecular weight excluding hydrogens is 573 g/mol. The Morgan fingerprint density at radius 2 is 0.705 bits per heavy atom. The highest BCUT2D eigenvalue weighted by Gasteiger charge is 2.48. The van der Waals surface area contributed by atoms with Crippen molar-refractivity contribution in [1.82, 2.24) is 0 Å². The maximum absolute atomic E-state index is 8.28. The molecule has 0 N–H and O–H groups in total. The lowest BCUT2D eigenvalue weighted by Gasteiger charge is -2.42. The van der Waals surface area contributed by atoms with Gasteiger partial charge in [0.1, 0.15) is 11.5 Å². The molecule has 4 nitrogen and oxygen atoms in total. The number of benzene rings is 3. The maximum Gasteiger partial charge on any atom is 0.258 e. The van der Waals surface area contributed by atoms with Crippen LogP contribution < -0.4 is 8.85 Å². The van der Waals surface area contributed by atoms with Crippen LogP contribution in [-0.4, -0.2) is 16.6 Å². The summed E-state index contributed by atoms with van der Waals surface area (Å²) in [4.78, 5) is 7.99. The molecule has 0 aliphatic rings. The number of para-hydroxylation sites is 2. The van der Waals surface area contributed by atoms with Crippen LogP contribution in [0.2, 0.25) is 33.2 Å². The molecule has 0 saturated heterocycles. The Morgan fingerprint density at radius 3 is 0.955 bits per heavy atom. The third kappa shape index (κ3) is 6.26. The summed E-state index contributed by atoms with van der Waals surface area (Å²) in [5.74, 6) is 1.60. The molecule has 6 heteroatoms. The Labute approximate surface area is 269 Å². The summed E-state index contributed by atoms with van der Waals surface area (Å²) in [6.07, 6.45) is 0. The number of rotatable bonds is 12. The molecule has 0 unspecified atom stereocenters. The molecule has 0 aliphatic heterocycles. The van der Waals surface area contributed by atoms with Gasteiger partial charge in [0, 0.05) is 11.1 Å². The molecule has 0 atom stereocenters. The Balaban J connectivity index is 2.26. The van der Waals surface area contributed by atoms with Crippen LogP contribution in [0, 0.1) is 13.1 Å². The summed E-state index contributed by atoms with van der Waals surface area (Å²) in [5, 5.41) is 0. The lowest BCUT2D eigenvalue weighted by molar-refractivity contribution is 0.481. The first-order valence-electron chi connectivity index (χ1n) is 16.2. The Hall–Kier alpha value is -3.33. The SMILES string of the molecule is [C-]#[N+]c1c(-c2ccccc2O[Si](C(C)C)(C(C)C)C(C)C)ccc(-c2ccccc2O[Si](C(C)C)(C(C)C)C(C)C)c1[N+]#[C-]. The fraction of sp³-hybridized carbons (Fsp3) is 0.474. The molecular formula is C38H52N2O2Si2. The highest BCUT2D eigenvalue weighted by Crippen LogP contribution is 2.52. The van der Waals surface area contributed by atoms with Crippen molar-refractivity contribution in [2.45, 2.75) is 116 Å². The van der Waals surface area contributed by atoms with E-state index < -0.39 is 16.6 Å². The first-order chi connectivity index (χ1) is 20.7. The van der Waals surface area contributed by atoms with Gasteiger partial charge < -0.3 is 8.85 Å². The number of hydrogen-bond acceptors (Lipinski definition) is 2. The molecule has 0 heterocycles. The van der Waals surface area contributed by atoms with Gasteiger partial charge in [0.05, 0.1) is 13.1 Å². The van der Waals surface area contributed by atoms with E-state index in [9.17, 15) is 0 Å². The summed E-state index contributed by atoms with van der Waals surface area (Å²) >= 11 is 0. The Bertz CT molecular complexity index is 1370. The first kappa shape index (κ1) is 35.2. The van der Waals surface area contributed by atoms with Crippen LogP contribution in [0.15, 0.2) is 60.7 Å². The minimum absolute atomic E-state index is 0.356. The van der Waals surface area contributed by atoms with Crippen LogP contribution in [0.25, 0.3) is 31.9 Å². The minimum atomic E-state index is -2.25. The van der Waals surface area contributed by atoms with E-state index in [0.717, 1.165) is 33.8 Å². The molecule has 44 heavy (non-hydrogen) atoms. The zero-order chi connectivity index (χ0) is 33.0. The highest BCUT2D eigenvalue weighted by atomic mass is 28.4. The predicted octanol–water partition coefficient (Wildman–Crippen LogP) is 13.2. The zero-order valence-electron chi connectivity index (χ0n) is 28.9. The summed E-state index contributed by atoms with van der Waals surface area (Å²) in [5.41, 5.74) is 6.36. The summed E-state index contributed by atoms with van der Waals surface area (Å²) < 4.78 is 14.3. The molecule has 0 saturated carbocycles. The summed E-state index contributed by atoms with van der Waals surface area (Å²) in [7, 11) is -4.51. The van der Waals surface area contributed by atoms with Crippen molar-refractivity contribution in [3.63, 3.8) is 0 Å². The second-order valence-electron chi connectivity index (χ2n) is 13.9. The molecule has 0 spiro atoms. The van der Waals surface area contributed by atoms with Gasteiger partial charge in [-0.15, -0.1) is 0 Å². The van der Waals surface area contributed by atoms with Crippen molar-refractivity contribution in [3.05, 3.63) is 83.5 Å². The maximum atomic E-state index is 8.28. The van der Waals surface area contributed by atoms with Crippen molar-refractivity contribution in [1.29, 1.82) is 0 Å². The van der Waals surface area contributed by atoms with Crippen molar-refractivity contribution in [3.8, 4) is 33.8 Å². The summed E-state index contributed by atoms with van der Waals surface area (Å²) in [6, 6.07) is 20.1. The van der Waals surface area contributed by atoms with Crippen molar-refractivity contribution in [2.24, 2.45) is 0 Å². The van der Waals surface area contributed by atoms with Gasteiger partial charge >= 0.3 is 0 Å². The van der Waals surface area contributed by atoms with Crippen LogP contribution in [-0.2, 0) is 0 Å². The van der Waals surface area contributed by atoms with E-state index in [1.807, 2.05) is 60.7 Å². The van der Waals surface area contributed by atoms with Gasteiger partial charge in [-0.05, 0) is 56.5 Å². The quantitative estimate of drug-likeness (QED) is 0.148. The predicted molar refractivity (Wildman–Crippen MR) is 193 cm³/mol. The smallest absolute Gasteiger partial charge is 0.258 e. The monoisotopic (exact) mass is 624 g/mol. The minimum Gasteiger partial charge on any atom is -0.542 e. The average molecular weight is 625 g/mol. The third-order valence-electron chi connectivity index (χ3n) is 9.72. The van der Waals surface area contributed by atoms with Crippen LogP contribution in [0.5, 0.6) is 11.5 Å². The van der Waals surface area contributed by atoms with Gasteiger partial charge in [0.15, 0.2) is 0 Å². The molecule has 3 rings (SSSR count). The Morgan fingerprint density at radius 1 is 0.432 bits per heavy atom. The summed E-state index contributed by atoms with van der Waals surface area (Å²) in [6.45, 7) is 43.9. The van der Waals surface area contributed by atoms with Crippen molar-refractivity contribution in [2.75, 3.05) is 0 Å². The van der Waals surface area contributed by atoms with Gasteiger partial charge in [0.2, 0.25) is 11.4 Å². The van der Waals surface area contributed by atoms with E-state index in [2.05, 4.69) is 92.8 Å². The van der Waals surface area contributed by atoms with Gasteiger partial charge in [-0.3, -0.25) is 0 Å². The second-order valence-corrected chi connectivity index (χ2v) is 24.7. The van der Waals surface area contributed by atoms with E-state index >= 15 is 0 Å². The van der Waals surface area contributed by atoms with Gasteiger partial charge in [-0.1, -0.05) is 132 Å². The average Bonchev–Trinajstić information content (AvgIpc) is 2.97. The van der Waals surface area contributed by atoms with E-state index in [-0.39, 0.29) is 0 Å². The molecule has 3 aromatic rings. The molecule has 234 valence electrons. The van der Waals surface area contributed by atoms with Crippen LogP contribution in [0.1, 0.15) is 83.1 Å². The standard InChI is InChI=1S/C38H52N2O2Si2/c1-25(2)43(26(3)4,27(5)6)41-35-21-17-15-19-31(35)33-23-24-34(38(40-14)37(33)39-13)32-20-16-18-22-36(32)42-44(28(7)8,29(9)10)30(11)12/h15-30H,1-12H3. The number of hydrogen-bond donors (Lipinski definition) is 0. The molecule has 0 radical (unpaired) electrons. The zero-order valence-corrected chi connectivity index (χ0v) is 30.9. The highest BCUT2D eigenvalue weighted by molar-refractivity contribution is 6.78. The third-order valence-corrected chi connectivity index (χ3v) is 21.7. The van der Waals surface area contributed by atoms with Crippen molar-refractivity contribution >= 4 is 28.0 Å². The van der Waals surface area contributed by atoms with Crippen molar-refractivity contribution < 1.29 is 8.85 Å². The lowest BCUT2D eigenvalue weighted by atomic mass is 9.95. The molecule has 3 aromatic carbocycles. The van der Waals surface area contributed by atoms with E-state index in [1.54, 1.807) is 0 Å².